The lowest BCUT2D eigenvalue weighted by molar-refractivity contribution is -0.121. The van der Waals surface area contributed by atoms with Crippen molar-refractivity contribution in [3.63, 3.8) is 0 Å². The van der Waals surface area contributed by atoms with Gasteiger partial charge in [0.2, 0.25) is 5.91 Å². The number of carbonyl (C=O) groups excluding carboxylic acids is 1. The van der Waals surface area contributed by atoms with Crippen LogP contribution in [0.3, 0.4) is 0 Å². The van der Waals surface area contributed by atoms with Gasteiger partial charge in [0.15, 0.2) is 0 Å². The molecular weight excluding hydrogens is 350 g/mol. The molecule has 0 radical (unpaired) electrons. The van der Waals surface area contributed by atoms with E-state index >= 15 is 0 Å². The molecule has 0 aliphatic rings. The van der Waals surface area contributed by atoms with Gasteiger partial charge in [-0.1, -0.05) is 43.2 Å². The lowest BCUT2D eigenvalue weighted by Crippen LogP contribution is -2.22. The van der Waals surface area contributed by atoms with E-state index in [1.54, 1.807) is 22.9 Å². The van der Waals surface area contributed by atoms with Crippen LogP contribution in [-0.4, -0.2) is 17.0 Å². The minimum Gasteiger partial charge on any atom is -0.352 e. The molecule has 2 rings (SSSR count). The number of unbranched alkanes of at least 4 members (excludes halogenated alkanes) is 3. The molecule has 1 amide bonds. The van der Waals surface area contributed by atoms with Gasteiger partial charge in [-0.05, 0) is 36.6 Å². The van der Waals surface area contributed by atoms with E-state index in [-0.39, 0.29) is 23.9 Å². The molecule has 0 saturated carbocycles. The van der Waals surface area contributed by atoms with Crippen molar-refractivity contribution in [1.82, 2.24) is 9.88 Å². The number of pyridine rings is 1. The van der Waals surface area contributed by atoms with E-state index in [4.69, 9.17) is 5.73 Å². The van der Waals surface area contributed by atoms with E-state index in [1.807, 2.05) is 30.3 Å². The highest BCUT2D eigenvalue weighted by atomic mass is 35.5. The molecule has 142 valence electrons. The van der Waals surface area contributed by atoms with E-state index in [9.17, 15) is 9.59 Å². The Balaban J connectivity index is 0.00000338. The highest BCUT2D eigenvalue weighted by molar-refractivity contribution is 5.85. The Labute approximate surface area is 161 Å². The number of aromatic nitrogens is 1. The maximum Gasteiger partial charge on any atom is 0.250 e. The summed E-state index contributed by atoms with van der Waals surface area (Å²) in [4.78, 5) is 23.5. The molecule has 26 heavy (non-hydrogen) atoms. The average molecular weight is 378 g/mol. The fourth-order valence-electron chi connectivity index (χ4n) is 2.62. The minimum atomic E-state index is -0.00898. The summed E-state index contributed by atoms with van der Waals surface area (Å²) in [6.45, 7) is 1.81. The third-order valence-corrected chi connectivity index (χ3v) is 4.12. The van der Waals surface area contributed by atoms with E-state index < -0.39 is 0 Å². The van der Waals surface area contributed by atoms with Crippen molar-refractivity contribution in [3.8, 4) is 0 Å². The zero-order valence-corrected chi connectivity index (χ0v) is 15.8. The van der Waals surface area contributed by atoms with Crippen LogP contribution in [-0.2, 0) is 17.9 Å². The molecule has 1 aromatic heterocycles. The van der Waals surface area contributed by atoms with Crippen molar-refractivity contribution >= 4 is 18.3 Å². The number of nitrogens with one attached hydrogen (secondary N) is 1. The van der Waals surface area contributed by atoms with E-state index in [0.717, 1.165) is 43.4 Å². The molecule has 3 N–H and O–H groups in total. The summed E-state index contributed by atoms with van der Waals surface area (Å²) in [7, 11) is 0. The third kappa shape index (κ3) is 7.85. The van der Waals surface area contributed by atoms with E-state index in [2.05, 4.69) is 5.32 Å². The SMILES string of the molecule is Cl.NCCCCCCC(=O)NCc1ccc(Cn2ccccc2=O)cc1. The van der Waals surface area contributed by atoms with Crippen LogP contribution < -0.4 is 16.6 Å². The number of nitrogens with zero attached hydrogens (tertiary/aromatic N) is 1. The van der Waals surface area contributed by atoms with Crippen molar-refractivity contribution in [3.05, 3.63) is 70.1 Å². The van der Waals surface area contributed by atoms with Crippen molar-refractivity contribution in [2.24, 2.45) is 5.73 Å². The highest BCUT2D eigenvalue weighted by Gasteiger charge is 2.02. The maximum atomic E-state index is 11.8. The van der Waals surface area contributed by atoms with Gasteiger partial charge < -0.3 is 15.6 Å². The van der Waals surface area contributed by atoms with Crippen molar-refractivity contribution in [1.29, 1.82) is 0 Å². The molecule has 0 fully saturated rings. The third-order valence-electron chi connectivity index (χ3n) is 4.12. The molecular formula is C20H28ClN3O2. The van der Waals surface area contributed by atoms with Crippen LogP contribution in [0, 0.1) is 0 Å². The molecule has 5 nitrogen and oxygen atoms in total. The summed E-state index contributed by atoms with van der Waals surface area (Å²) >= 11 is 0. The van der Waals surface area contributed by atoms with Crippen LogP contribution in [0.1, 0.15) is 43.2 Å². The van der Waals surface area contributed by atoms with Crippen LogP contribution in [0.25, 0.3) is 0 Å². The number of nitrogens with two attached hydrogens (primary N) is 1. The second-order valence-corrected chi connectivity index (χ2v) is 6.21. The van der Waals surface area contributed by atoms with Gasteiger partial charge in [-0.3, -0.25) is 9.59 Å². The molecule has 2 aromatic rings. The fourth-order valence-corrected chi connectivity index (χ4v) is 2.62. The van der Waals surface area contributed by atoms with Gasteiger partial charge in [0.05, 0.1) is 6.54 Å². The zero-order valence-electron chi connectivity index (χ0n) is 15.0. The Hall–Kier alpha value is -2.11. The molecule has 0 bridgehead atoms. The van der Waals surface area contributed by atoms with Gasteiger partial charge in [0.1, 0.15) is 0 Å². The first-order chi connectivity index (χ1) is 12.2. The molecule has 0 saturated heterocycles. The molecule has 0 spiro atoms. The smallest absolute Gasteiger partial charge is 0.250 e. The van der Waals surface area contributed by atoms with Crippen LogP contribution >= 0.6 is 12.4 Å². The predicted octanol–water partition coefficient (Wildman–Crippen LogP) is 2.84. The standard InChI is InChI=1S/C20H27N3O2.ClH/c21-13-5-2-1-3-7-19(24)22-15-17-9-11-18(12-10-17)16-23-14-6-4-8-20(23)25;/h4,6,8-12,14H,1-3,5,7,13,15-16,21H2,(H,22,24);1H. The van der Waals surface area contributed by atoms with E-state index in [1.165, 1.54) is 0 Å². The Morgan fingerprint density at radius 1 is 0.962 bits per heavy atom. The molecule has 0 aliphatic carbocycles. The molecule has 0 aliphatic heterocycles. The first kappa shape index (κ1) is 21.9. The predicted molar refractivity (Wildman–Crippen MR) is 107 cm³/mol. The maximum absolute atomic E-state index is 11.8. The summed E-state index contributed by atoms with van der Waals surface area (Å²) in [5.41, 5.74) is 7.55. The van der Waals surface area contributed by atoms with Crippen LogP contribution in [0.15, 0.2) is 53.5 Å². The fraction of sp³-hybridized carbons (Fsp3) is 0.400. The van der Waals surface area contributed by atoms with Crippen molar-refractivity contribution < 1.29 is 4.79 Å². The van der Waals surface area contributed by atoms with Gasteiger partial charge in [-0.2, -0.15) is 0 Å². The van der Waals surface area contributed by atoms with Crippen molar-refractivity contribution in [2.45, 2.75) is 45.2 Å². The van der Waals surface area contributed by atoms with Gasteiger partial charge in [-0.25, -0.2) is 0 Å². The molecule has 0 atom stereocenters. The van der Waals surface area contributed by atoms with Crippen LogP contribution in [0.4, 0.5) is 0 Å². The number of benzene rings is 1. The minimum absolute atomic E-state index is 0. The number of rotatable bonds is 10. The van der Waals surface area contributed by atoms with Crippen LogP contribution in [0.5, 0.6) is 0 Å². The zero-order chi connectivity index (χ0) is 17.9. The Bertz CT molecular complexity index is 713. The second kappa shape index (κ2) is 12.3. The average Bonchev–Trinajstić information content (AvgIpc) is 2.63. The van der Waals surface area contributed by atoms with Gasteiger partial charge in [0.25, 0.3) is 5.56 Å². The monoisotopic (exact) mass is 377 g/mol. The quantitative estimate of drug-likeness (QED) is 0.625. The first-order valence-electron chi connectivity index (χ1n) is 8.89. The van der Waals surface area contributed by atoms with E-state index in [0.29, 0.717) is 19.5 Å². The number of amides is 1. The number of carbonyl (C=O) groups is 1. The summed E-state index contributed by atoms with van der Waals surface area (Å²) < 4.78 is 1.67. The molecule has 1 aromatic carbocycles. The number of hydrogen-bond acceptors (Lipinski definition) is 3. The normalized spacial score (nSPS) is 10.2. The summed E-state index contributed by atoms with van der Waals surface area (Å²) in [5.74, 6) is 0.0904. The van der Waals surface area contributed by atoms with Gasteiger partial charge in [0, 0.05) is 25.2 Å². The summed E-state index contributed by atoms with van der Waals surface area (Å²) in [6, 6.07) is 13.1. The second-order valence-electron chi connectivity index (χ2n) is 6.21. The topological polar surface area (TPSA) is 77.1 Å². The number of hydrogen-bond donors (Lipinski definition) is 2. The summed E-state index contributed by atoms with van der Waals surface area (Å²) in [5, 5.41) is 2.95. The Kier molecular flexibility index (Phi) is 10.4. The molecule has 1 heterocycles. The lowest BCUT2D eigenvalue weighted by Gasteiger charge is -2.08. The summed E-state index contributed by atoms with van der Waals surface area (Å²) in [6.07, 6.45) is 6.44. The van der Waals surface area contributed by atoms with Crippen molar-refractivity contribution in [2.75, 3.05) is 6.54 Å². The first-order valence-corrected chi connectivity index (χ1v) is 8.89. The lowest BCUT2D eigenvalue weighted by atomic mass is 10.1. The molecule has 0 unspecified atom stereocenters. The highest BCUT2D eigenvalue weighted by Crippen LogP contribution is 2.06. The largest absolute Gasteiger partial charge is 0.352 e. The van der Waals surface area contributed by atoms with Gasteiger partial charge >= 0.3 is 0 Å². The van der Waals surface area contributed by atoms with Crippen LogP contribution in [0.2, 0.25) is 0 Å². The number of halogens is 1. The molecule has 6 heteroatoms. The van der Waals surface area contributed by atoms with Gasteiger partial charge in [-0.15, -0.1) is 12.4 Å². The Morgan fingerprint density at radius 3 is 2.35 bits per heavy atom. The Morgan fingerprint density at radius 2 is 1.65 bits per heavy atom.